The van der Waals surface area contributed by atoms with Crippen LogP contribution in [0.4, 0.5) is 5.69 Å². The standard InChI is InChI=1S/C25H18ClN3S/c1-17-7-12-22(13-23(17)26)28-15-21(14-27)25-29-24(16-30-25)20-10-8-19(9-11-20)18-5-3-2-4-6-18/h2-13,15-16,28H,1H3. The van der Waals surface area contributed by atoms with Crippen molar-refractivity contribution in [1.82, 2.24) is 4.98 Å². The Bertz CT molecular complexity index is 1240. The first-order valence-corrected chi connectivity index (χ1v) is 10.6. The van der Waals surface area contributed by atoms with Crippen molar-refractivity contribution >= 4 is 34.2 Å². The minimum Gasteiger partial charge on any atom is -0.360 e. The maximum absolute atomic E-state index is 9.58. The van der Waals surface area contributed by atoms with Gasteiger partial charge in [-0.05, 0) is 35.7 Å². The summed E-state index contributed by atoms with van der Waals surface area (Å²) >= 11 is 7.62. The minimum absolute atomic E-state index is 0.476. The summed E-state index contributed by atoms with van der Waals surface area (Å²) in [6.07, 6.45) is 1.67. The monoisotopic (exact) mass is 427 g/mol. The predicted octanol–water partition coefficient (Wildman–Crippen LogP) is 7.42. The molecule has 0 saturated carbocycles. The molecule has 4 rings (SSSR count). The number of halogens is 1. The number of nitrogens with zero attached hydrogens (tertiary/aromatic N) is 2. The normalized spacial score (nSPS) is 11.2. The molecule has 146 valence electrons. The van der Waals surface area contributed by atoms with Gasteiger partial charge in [-0.3, -0.25) is 0 Å². The average molecular weight is 428 g/mol. The lowest BCUT2D eigenvalue weighted by molar-refractivity contribution is 1.36. The molecule has 1 aromatic heterocycles. The summed E-state index contributed by atoms with van der Waals surface area (Å²) in [6.45, 7) is 1.95. The molecule has 0 radical (unpaired) electrons. The van der Waals surface area contributed by atoms with E-state index in [-0.39, 0.29) is 0 Å². The number of benzene rings is 3. The van der Waals surface area contributed by atoms with Crippen molar-refractivity contribution < 1.29 is 0 Å². The second kappa shape index (κ2) is 8.96. The van der Waals surface area contributed by atoms with E-state index in [0.717, 1.165) is 28.1 Å². The molecule has 0 aliphatic carbocycles. The van der Waals surface area contributed by atoms with Crippen molar-refractivity contribution in [1.29, 1.82) is 5.26 Å². The first-order chi connectivity index (χ1) is 14.6. The maximum atomic E-state index is 9.58. The molecule has 5 heteroatoms. The van der Waals surface area contributed by atoms with Crippen LogP contribution in [0.3, 0.4) is 0 Å². The van der Waals surface area contributed by atoms with E-state index in [0.29, 0.717) is 15.6 Å². The number of rotatable bonds is 5. The molecule has 1 N–H and O–H groups in total. The summed E-state index contributed by atoms with van der Waals surface area (Å²) in [5.41, 5.74) is 6.53. The van der Waals surface area contributed by atoms with Crippen molar-refractivity contribution in [3.05, 3.63) is 100.0 Å². The number of thiazole rings is 1. The van der Waals surface area contributed by atoms with Gasteiger partial charge in [-0.1, -0.05) is 72.3 Å². The average Bonchev–Trinajstić information content (AvgIpc) is 3.27. The van der Waals surface area contributed by atoms with Crippen molar-refractivity contribution in [2.45, 2.75) is 6.92 Å². The van der Waals surface area contributed by atoms with Gasteiger partial charge in [0.25, 0.3) is 0 Å². The summed E-state index contributed by atoms with van der Waals surface area (Å²) < 4.78 is 0. The van der Waals surface area contributed by atoms with Crippen LogP contribution in [-0.2, 0) is 0 Å². The van der Waals surface area contributed by atoms with E-state index in [1.807, 2.05) is 48.7 Å². The Morgan fingerprint density at radius 1 is 1.00 bits per heavy atom. The third-order valence-electron chi connectivity index (χ3n) is 4.70. The van der Waals surface area contributed by atoms with Crippen molar-refractivity contribution in [3.63, 3.8) is 0 Å². The Labute approximate surface area is 184 Å². The van der Waals surface area contributed by atoms with Gasteiger partial charge in [-0.2, -0.15) is 5.26 Å². The number of aryl methyl sites for hydroxylation is 1. The number of aromatic nitrogens is 1. The molecule has 3 aromatic carbocycles. The number of hydrogen-bond acceptors (Lipinski definition) is 4. The van der Waals surface area contributed by atoms with Gasteiger partial charge in [0.05, 0.1) is 5.69 Å². The third kappa shape index (κ3) is 4.44. The third-order valence-corrected chi connectivity index (χ3v) is 5.98. The van der Waals surface area contributed by atoms with Crippen molar-refractivity contribution in [2.24, 2.45) is 0 Å². The molecule has 30 heavy (non-hydrogen) atoms. The summed E-state index contributed by atoms with van der Waals surface area (Å²) in [5.74, 6) is 0. The summed E-state index contributed by atoms with van der Waals surface area (Å²) in [4.78, 5) is 4.66. The zero-order valence-corrected chi connectivity index (χ0v) is 17.8. The van der Waals surface area contributed by atoms with Crippen LogP contribution < -0.4 is 5.32 Å². The van der Waals surface area contributed by atoms with Gasteiger partial charge < -0.3 is 5.32 Å². The fraction of sp³-hybridized carbons (Fsp3) is 0.0400. The lowest BCUT2D eigenvalue weighted by atomic mass is 10.0. The van der Waals surface area contributed by atoms with Crippen LogP contribution in [0.2, 0.25) is 5.02 Å². The van der Waals surface area contributed by atoms with E-state index in [1.54, 1.807) is 6.20 Å². The number of anilines is 1. The smallest absolute Gasteiger partial charge is 0.136 e. The molecular formula is C25H18ClN3S. The summed E-state index contributed by atoms with van der Waals surface area (Å²) in [7, 11) is 0. The Hall–Kier alpha value is -3.39. The second-order valence-electron chi connectivity index (χ2n) is 6.76. The Morgan fingerprint density at radius 2 is 1.70 bits per heavy atom. The predicted molar refractivity (Wildman–Crippen MR) is 126 cm³/mol. The van der Waals surface area contributed by atoms with Crippen LogP contribution in [0.1, 0.15) is 10.6 Å². The molecule has 3 nitrogen and oxygen atoms in total. The molecule has 0 fully saturated rings. The fourth-order valence-corrected chi connectivity index (χ4v) is 3.95. The van der Waals surface area contributed by atoms with Crippen LogP contribution in [0.25, 0.3) is 28.0 Å². The van der Waals surface area contributed by atoms with Gasteiger partial charge >= 0.3 is 0 Å². The molecule has 0 spiro atoms. The molecule has 0 aliphatic rings. The molecule has 0 saturated heterocycles. The topological polar surface area (TPSA) is 48.7 Å². The van der Waals surface area contributed by atoms with E-state index in [9.17, 15) is 5.26 Å². The van der Waals surface area contributed by atoms with E-state index < -0.39 is 0 Å². The van der Waals surface area contributed by atoms with Gasteiger partial charge in [0.15, 0.2) is 0 Å². The van der Waals surface area contributed by atoms with E-state index >= 15 is 0 Å². The Balaban J connectivity index is 1.53. The first-order valence-electron chi connectivity index (χ1n) is 9.39. The van der Waals surface area contributed by atoms with Crippen LogP contribution in [0, 0.1) is 18.3 Å². The molecule has 0 aliphatic heterocycles. The maximum Gasteiger partial charge on any atom is 0.136 e. The van der Waals surface area contributed by atoms with Crippen LogP contribution in [0.5, 0.6) is 0 Å². The van der Waals surface area contributed by atoms with E-state index in [1.165, 1.54) is 16.9 Å². The van der Waals surface area contributed by atoms with Crippen molar-refractivity contribution in [2.75, 3.05) is 5.32 Å². The second-order valence-corrected chi connectivity index (χ2v) is 8.02. The molecule has 1 heterocycles. The highest BCUT2D eigenvalue weighted by atomic mass is 35.5. The van der Waals surface area contributed by atoms with E-state index in [2.05, 4.69) is 52.8 Å². The number of allylic oxidation sites excluding steroid dienone is 1. The van der Waals surface area contributed by atoms with Gasteiger partial charge in [-0.15, -0.1) is 11.3 Å². The Kier molecular flexibility index (Phi) is 5.94. The van der Waals surface area contributed by atoms with Gasteiger partial charge in [-0.25, -0.2) is 4.98 Å². The lowest BCUT2D eigenvalue weighted by Crippen LogP contribution is -1.91. The molecule has 0 unspecified atom stereocenters. The van der Waals surface area contributed by atoms with Crippen LogP contribution >= 0.6 is 22.9 Å². The Morgan fingerprint density at radius 3 is 2.40 bits per heavy atom. The quantitative estimate of drug-likeness (QED) is 0.337. The minimum atomic E-state index is 0.476. The van der Waals surface area contributed by atoms with Crippen LogP contribution in [-0.4, -0.2) is 4.98 Å². The lowest BCUT2D eigenvalue weighted by Gasteiger charge is -2.04. The van der Waals surface area contributed by atoms with Gasteiger partial charge in [0.2, 0.25) is 0 Å². The van der Waals surface area contributed by atoms with Crippen LogP contribution in [0.15, 0.2) is 84.4 Å². The summed E-state index contributed by atoms with van der Waals surface area (Å²) in [5, 5.41) is 16.0. The zero-order chi connectivity index (χ0) is 20.9. The molecular weight excluding hydrogens is 410 g/mol. The first kappa shape index (κ1) is 19.9. The van der Waals surface area contributed by atoms with E-state index in [4.69, 9.17) is 11.6 Å². The largest absolute Gasteiger partial charge is 0.360 e. The molecule has 0 atom stereocenters. The van der Waals surface area contributed by atoms with Crippen molar-refractivity contribution in [3.8, 4) is 28.5 Å². The highest BCUT2D eigenvalue weighted by Crippen LogP contribution is 2.28. The van der Waals surface area contributed by atoms with Gasteiger partial charge in [0.1, 0.15) is 16.6 Å². The fourth-order valence-electron chi connectivity index (χ4n) is 2.97. The number of nitriles is 1. The number of nitrogens with one attached hydrogen (secondary N) is 1. The zero-order valence-electron chi connectivity index (χ0n) is 16.3. The molecule has 4 aromatic rings. The van der Waals surface area contributed by atoms with Gasteiger partial charge in [0, 0.05) is 27.9 Å². The summed E-state index contributed by atoms with van der Waals surface area (Å²) in [6, 6.07) is 26.5. The highest BCUT2D eigenvalue weighted by molar-refractivity contribution is 7.11. The highest BCUT2D eigenvalue weighted by Gasteiger charge is 2.09. The molecule has 0 bridgehead atoms. The SMILES string of the molecule is Cc1ccc(NC=C(C#N)c2nc(-c3ccc(-c4ccccc4)cc3)cs2)cc1Cl. The molecule has 0 amide bonds. The number of hydrogen-bond donors (Lipinski definition) is 1.